The van der Waals surface area contributed by atoms with Crippen molar-refractivity contribution < 1.29 is 0 Å². The van der Waals surface area contributed by atoms with Gasteiger partial charge in [0.25, 0.3) is 5.56 Å². The molecule has 4 heteroatoms. The molecule has 0 saturated carbocycles. The maximum Gasteiger partial charge on any atom is 0.264 e. The van der Waals surface area contributed by atoms with Crippen molar-refractivity contribution in [3.05, 3.63) is 45.9 Å². The van der Waals surface area contributed by atoms with E-state index in [1.807, 2.05) is 32.0 Å². The summed E-state index contributed by atoms with van der Waals surface area (Å²) < 4.78 is 1.70. The number of rotatable bonds is 1. The monoisotopic (exact) mass is 203 g/mol. The number of anilines is 1. The molecule has 4 nitrogen and oxygen atoms in total. The van der Waals surface area contributed by atoms with Crippen molar-refractivity contribution in [1.29, 1.82) is 0 Å². The highest BCUT2D eigenvalue weighted by atomic mass is 16.1. The van der Waals surface area contributed by atoms with E-state index >= 15 is 0 Å². The summed E-state index contributed by atoms with van der Waals surface area (Å²) in [6.45, 7) is 3.85. The highest BCUT2D eigenvalue weighted by molar-refractivity contribution is 5.58. The summed E-state index contributed by atoms with van der Waals surface area (Å²) in [6.07, 6.45) is 0. The lowest BCUT2D eigenvalue weighted by molar-refractivity contribution is 0.835. The summed E-state index contributed by atoms with van der Waals surface area (Å²) in [5.41, 5.74) is 9.15. The molecular weight excluding hydrogens is 190 g/mol. The fourth-order valence-electron chi connectivity index (χ4n) is 1.58. The van der Waals surface area contributed by atoms with E-state index in [0.717, 1.165) is 16.9 Å². The molecule has 0 amide bonds. The lowest BCUT2D eigenvalue weighted by Gasteiger charge is -2.09. The van der Waals surface area contributed by atoms with E-state index in [2.05, 4.69) is 5.10 Å². The molecule has 0 aliphatic carbocycles. The number of aryl methyl sites for hydroxylation is 2. The maximum absolute atomic E-state index is 11.2. The summed E-state index contributed by atoms with van der Waals surface area (Å²) >= 11 is 0. The number of nitrogens with two attached hydrogens (primary N) is 1. The molecule has 1 heterocycles. The fourth-order valence-corrected chi connectivity index (χ4v) is 1.58. The Morgan fingerprint density at radius 1 is 1.27 bits per heavy atom. The van der Waals surface area contributed by atoms with E-state index < -0.39 is 0 Å². The Morgan fingerprint density at radius 3 is 2.60 bits per heavy atom. The predicted molar refractivity (Wildman–Crippen MR) is 60.3 cm³/mol. The highest BCUT2D eigenvalue weighted by Crippen LogP contribution is 2.18. The molecule has 3 N–H and O–H groups in total. The fraction of sp³-hybridized carbons (Fsp3) is 0.182. The number of nitrogens with zero attached hydrogens (tertiary/aromatic N) is 1. The van der Waals surface area contributed by atoms with Gasteiger partial charge < -0.3 is 5.73 Å². The molecule has 2 rings (SSSR count). The van der Waals surface area contributed by atoms with Gasteiger partial charge in [-0.2, -0.15) is 0 Å². The zero-order valence-electron chi connectivity index (χ0n) is 8.74. The number of nitrogen functional groups attached to an aromatic ring is 1. The standard InChI is InChI=1S/C11H13N3O/c1-7-3-4-9(12)10(5-7)14-8(2)6-11(15)13-14/h3-6H,12H2,1-2H3,(H,13,15). The largest absolute Gasteiger partial charge is 0.397 e. The van der Waals surface area contributed by atoms with Crippen LogP contribution in [0.2, 0.25) is 0 Å². The second kappa shape index (κ2) is 3.31. The van der Waals surface area contributed by atoms with E-state index in [4.69, 9.17) is 5.73 Å². The minimum atomic E-state index is -0.117. The van der Waals surface area contributed by atoms with Crippen molar-refractivity contribution in [2.24, 2.45) is 0 Å². The minimum Gasteiger partial charge on any atom is -0.397 e. The molecule has 78 valence electrons. The van der Waals surface area contributed by atoms with Gasteiger partial charge in [-0.05, 0) is 31.5 Å². The van der Waals surface area contributed by atoms with Crippen LogP contribution in [0.25, 0.3) is 5.69 Å². The van der Waals surface area contributed by atoms with Crippen molar-refractivity contribution in [3.8, 4) is 5.69 Å². The van der Waals surface area contributed by atoms with Crippen LogP contribution in [0.4, 0.5) is 5.69 Å². The number of aromatic amines is 1. The Balaban J connectivity index is 2.68. The van der Waals surface area contributed by atoms with Crippen LogP contribution in [0.5, 0.6) is 0 Å². The van der Waals surface area contributed by atoms with Crippen LogP contribution in [-0.2, 0) is 0 Å². The molecule has 1 aromatic heterocycles. The molecule has 0 aliphatic rings. The molecule has 1 aromatic carbocycles. The van der Waals surface area contributed by atoms with Crippen LogP contribution in [-0.4, -0.2) is 9.78 Å². The molecular formula is C11H13N3O. The van der Waals surface area contributed by atoms with Crippen molar-refractivity contribution in [3.63, 3.8) is 0 Å². The quantitative estimate of drug-likeness (QED) is 0.687. The summed E-state index contributed by atoms with van der Waals surface area (Å²) in [5.74, 6) is 0. The molecule has 0 unspecified atom stereocenters. The van der Waals surface area contributed by atoms with Gasteiger partial charge in [-0.3, -0.25) is 14.6 Å². The summed E-state index contributed by atoms with van der Waals surface area (Å²) in [5, 5.41) is 2.71. The van der Waals surface area contributed by atoms with Crippen molar-refractivity contribution in [1.82, 2.24) is 9.78 Å². The summed E-state index contributed by atoms with van der Waals surface area (Å²) in [7, 11) is 0. The average Bonchev–Trinajstić information content (AvgIpc) is 2.50. The topological polar surface area (TPSA) is 63.8 Å². The van der Waals surface area contributed by atoms with Gasteiger partial charge in [-0.1, -0.05) is 6.07 Å². The number of hydrogen-bond acceptors (Lipinski definition) is 2. The first kappa shape index (κ1) is 9.58. The normalized spacial score (nSPS) is 10.5. The number of hydrogen-bond donors (Lipinski definition) is 2. The van der Waals surface area contributed by atoms with Crippen LogP contribution in [0.1, 0.15) is 11.3 Å². The first-order valence-corrected chi connectivity index (χ1v) is 4.73. The van der Waals surface area contributed by atoms with Crippen LogP contribution < -0.4 is 11.3 Å². The molecule has 0 bridgehead atoms. The maximum atomic E-state index is 11.2. The van der Waals surface area contributed by atoms with Gasteiger partial charge in [0.05, 0.1) is 11.4 Å². The smallest absolute Gasteiger partial charge is 0.264 e. The van der Waals surface area contributed by atoms with Crippen molar-refractivity contribution >= 4 is 5.69 Å². The SMILES string of the molecule is Cc1ccc(N)c(-n2[nH]c(=O)cc2C)c1. The second-order valence-electron chi connectivity index (χ2n) is 3.66. The second-order valence-corrected chi connectivity index (χ2v) is 3.66. The van der Waals surface area contributed by atoms with Gasteiger partial charge in [0.2, 0.25) is 0 Å². The van der Waals surface area contributed by atoms with Gasteiger partial charge in [-0.25, -0.2) is 0 Å². The Kier molecular flexibility index (Phi) is 2.11. The third-order valence-corrected chi connectivity index (χ3v) is 2.34. The lowest BCUT2D eigenvalue weighted by Crippen LogP contribution is -2.07. The van der Waals surface area contributed by atoms with Crippen LogP contribution >= 0.6 is 0 Å². The number of aromatic nitrogens is 2. The van der Waals surface area contributed by atoms with Gasteiger partial charge in [0.15, 0.2) is 0 Å². The van der Waals surface area contributed by atoms with E-state index in [1.165, 1.54) is 0 Å². The number of H-pyrrole nitrogens is 1. The molecule has 0 radical (unpaired) electrons. The van der Waals surface area contributed by atoms with Crippen LogP contribution in [0, 0.1) is 13.8 Å². The van der Waals surface area contributed by atoms with Crippen molar-refractivity contribution in [2.45, 2.75) is 13.8 Å². The Bertz CT molecular complexity index is 551. The van der Waals surface area contributed by atoms with Crippen LogP contribution in [0.3, 0.4) is 0 Å². The zero-order valence-corrected chi connectivity index (χ0v) is 8.74. The van der Waals surface area contributed by atoms with E-state index in [-0.39, 0.29) is 5.56 Å². The molecule has 0 fully saturated rings. The van der Waals surface area contributed by atoms with E-state index in [1.54, 1.807) is 10.7 Å². The molecule has 0 saturated heterocycles. The third-order valence-electron chi connectivity index (χ3n) is 2.34. The summed E-state index contributed by atoms with van der Waals surface area (Å²) in [6, 6.07) is 7.26. The Hall–Kier alpha value is -1.97. The average molecular weight is 203 g/mol. The first-order chi connectivity index (χ1) is 7.08. The molecule has 0 atom stereocenters. The van der Waals surface area contributed by atoms with E-state index in [0.29, 0.717) is 5.69 Å². The van der Waals surface area contributed by atoms with Gasteiger partial charge >= 0.3 is 0 Å². The van der Waals surface area contributed by atoms with Crippen LogP contribution in [0.15, 0.2) is 29.1 Å². The number of benzene rings is 1. The Morgan fingerprint density at radius 2 is 2.00 bits per heavy atom. The zero-order chi connectivity index (χ0) is 11.0. The first-order valence-electron chi connectivity index (χ1n) is 4.73. The third kappa shape index (κ3) is 1.66. The molecule has 15 heavy (non-hydrogen) atoms. The lowest BCUT2D eigenvalue weighted by atomic mass is 10.2. The number of nitrogens with one attached hydrogen (secondary N) is 1. The van der Waals surface area contributed by atoms with Crippen molar-refractivity contribution in [2.75, 3.05) is 5.73 Å². The van der Waals surface area contributed by atoms with Gasteiger partial charge in [-0.15, -0.1) is 0 Å². The predicted octanol–water partition coefficient (Wildman–Crippen LogP) is 1.36. The minimum absolute atomic E-state index is 0.117. The summed E-state index contributed by atoms with van der Waals surface area (Å²) in [4.78, 5) is 11.2. The Labute approximate surface area is 87.3 Å². The molecule has 2 aromatic rings. The van der Waals surface area contributed by atoms with Gasteiger partial charge in [0, 0.05) is 11.8 Å². The van der Waals surface area contributed by atoms with Gasteiger partial charge in [0.1, 0.15) is 0 Å². The van der Waals surface area contributed by atoms with E-state index in [9.17, 15) is 4.79 Å². The highest BCUT2D eigenvalue weighted by Gasteiger charge is 2.05. The molecule has 0 aliphatic heterocycles. The molecule has 0 spiro atoms.